The zero-order valence-electron chi connectivity index (χ0n) is 68.8. The number of hydrogen-bond acceptors (Lipinski definition) is 2. The van der Waals surface area contributed by atoms with Crippen molar-refractivity contribution in [3.8, 4) is 94.7 Å². The number of fused-ring (bicyclic) bond motifs is 15. The number of hydrogen-bond donors (Lipinski definition) is 0. The van der Waals surface area contributed by atoms with Crippen LogP contribution in [0.15, 0.2) is 461 Å². The zero-order chi connectivity index (χ0) is 82.6. The van der Waals surface area contributed by atoms with Gasteiger partial charge in [-0.3, -0.25) is 0 Å². The van der Waals surface area contributed by atoms with Gasteiger partial charge in [-0.1, -0.05) is 376 Å². The number of anilines is 6. The molecule has 1 aromatic heterocycles. The first-order chi connectivity index (χ1) is 62.5. The molecule has 0 amide bonds. The molecule has 23 aromatic carbocycles. The molecule has 0 fully saturated rings. The summed E-state index contributed by atoms with van der Waals surface area (Å²) in [6.07, 6.45) is 0. The highest BCUT2D eigenvalue weighted by Gasteiger charge is 2.45. The van der Waals surface area contributed by atoms with E-state index in [2.05, 4.69) is 475 Å². The Morgan fingerprint density at radius 2 is 0.413 bits per heavy atom. The first kappa shape index (κ1) is 71.4. The lowest BCUT2D eigenvalue weighted by molar-refractivity contribution is 1.16. The molecule has 0 bridgehead atoms. The zero-order valence-corrected chi connectivity index (χ0v) is 68.8. The Morgan fingerprint density at radius 1 is 0.159 bits per heavy atom. The molecule has 582 valence electrons. The highest BCUT2D eigenvalue weighted by atomic mass is 15.2. The quantitative estimate of drug-likeness (QED) is 0.120. The van der Waals surface area contributed by atoms with Gasteiger partial charge in [0.25, 0.3) is 6.71 Å². The summed E-state index contributed by atoms with van der Waals surface area (Å²) in [5.74, 6) is 0. The van der Waals surface area contributed by atoms with Gasteiger partial charge in [-0.2, -0.15) is 0 Å². The molecule has 0 N–H and O–H groups in total. The number of rotatable bonds is 11. The SMILES string of the molecule is c1ccc2cc(-c3c(-c4ccc(N5c6ccc(-c7ccc8ccccc8c7-c7ccc8ccccc8c7)cc6B6c7cc(-c8ccc9ccccc9c8-c8ccc9ccccc9c8)ccc7N(c7ccc(-c8ccc9ccccc9c8-c8ccc9ccccc9c8)cc7)c7cc(-n8c9ccccc9c9ccccc98)cc5c76)cc4)ccc4ccccc34)ccc2c1. The van der Waals surface area contributed by atoms with E-state index in [1.807, 2.05) is 0 Å². The van der Waals surface area contributed by atoms with Gasteiger partial charge in [0.2, 0.25) is 0 Å². The summed E-state index contributed by atoms with van der Waals surface area (Å²) in [5.41, 5.74) is 32.3. The van der Waals surface area contributed by atoms with Gasteiger partial charge in [-0.25, -0.2) is 0 Å². The summed E-state index contributed by atoms with van der Waals surface area (Å²) < 4.78 is 2.53. The molecule has 26 rings (SSSR count). The normalized spacial score (nSPS) is 12.4. The summed E-state index contributed by atoms with van der Waals surface area (Å²) in [6, 6.07) is 174. The van der Waals surface area contributed by atoms with Crippen LogP contribution in [0.25, 0.3) is 203 Å². The molecule has 3 heterocycles. The minimum atomic E-state index is -0.323. The van der Waals surface area contributed by atoms with E-state index >= 15 is 0 Å². The van der Waals surface area contributed by atoms with Crippen LogP contribution in [0.3, 0.4) is 0 Å². The minimum absolute atomic E-state index is 0.323. The number of para-hydroxylation sites is 2. The molecule has 0 spiro atoms. The fourth-order valence-electron chi connectivity index (χ4n) is 21.5. The fraction of sp³-hybridized carbons (Fsp3) is 0. The topological polar surface area (TPSA) is 11.4 Å². The van der Waals surface area contributed by atoms with Crippen molar-refractivity contribution in [1.29, 1.82) is 0 Å². The molecular weight excluding hydrogens is 1520 g/mol. The predicted octanol–water partition coefficient (Wildman–Crippen LogP) is 31.4. The van der Waals surface area contributed by atoms with Crippen LogP contribution < -0.4 is 26.2 Å². The van der Waals surface area contributed by atoms with Crippen LogP contribution in [-0.2, 0) is 0 Å². The van der Waals surface area contributed by atoms with Crippen LogP contribution in [0.2, 0.25) is 0 Å². The van der Waals surface area contributed by atoms with Crippen LogP contribution in [0, 0.1) is 0 Å². The van der Waals surface area contributed by atoms with Crippen molar-refractivity contribution < 1.29 is 0 Å². The van der Waals surface area contributed by atoms with Crippen LogP contribution in [0.4, 0.5) is 34.1 Å². The Hall–Kier alpha value is -16.4. The first-order valence-corrected chi connectivity index (χ1v) is 43.8. The van der Waals surface area contributed by atoms with Gasteiger partial charge in [0.15, 0.2) is 0 Å². The molecule has 0 saturated heterocycles. The van der Waals surface area contributed by atoms with Gasteiger partial charge in [-0.05, 0) is 277 Å². The molecule has 4 heteroatoms. The molecule has 126 heavy (non-hydrogen) atoms. The van der Waals surface area contributed by atoms with Crippen molar-refractivity contribution in [2.45, 2.75) is 0 Å². The van der Waals surface area contributed by atoms with Crippen molar-refractivity contribution in [2.24, 2.45) is 0 Å². The largest absolute Gasteiger partial charge is 0.311 e. The maximum atomic E-state index is 2.62. The van der Waals surface area contributed by atoms with Crippen LogP contribution in [-0.4, -0.2) is 11.3 Å². The third kappa shape index (κ3) is 11.4. The molecular formula is C122H76BN3. The van der Waals surface area contributed by atoms with Crippen molar-refractivity contribution >= 4 is 165 Å². The summed E-state index contributed by atoms with van der Waals surface area (Å²) >= 11 is 0. The predicted molar refractivity (Wildman–Crippen MR) is 538 cm³/mol. The van der Waals surface area contributed by atoms with E-state index in [0.717, 1.165) is 73.1 Å². The first-order valence-electron chi connectivity index (χ1n) is 43.8. The highest BCUT2D eigenvalue weighted by Crippen LogP contribution is 2.52. The molecule has 2 aliphatic heterocycles. The standard InChI is InChI=1S/C122H76BN3/c1-5-29-87-69-93(45-41-77(87)21-1)118-100-33-13-9-25-81(100)53-63-104(118)85-49-59-97(60-50-85)124-114-67-57-91(106-65-55-83-27-11-15-35-102(83)120(106)95-47-43-79-23-3-7-31-89(79)71-95)73-110(114)123-111-74-92(107-66-56-84-28-12-16-36-103(84)121(107)96-48-44-80-24-4-8-32-90(80)72-96)58-68-115(111)125(117-76-99(75-116(124)122(117)123)126-112-39-19-17-37-108(112)109-38-18-20-40-113(109)126)98-61-51-86(52-62-98)105-64-54-82-26-10-14-34-101(82)119(105)94-46-42-78-22-2-6-30-88(78)70-94/h1-76H. The summed E-state index contributed by atoms with van der Waals surface area (Å²) in [6.45, 7) is -0.323. The van der Waals surface area contributed by atoms with Crippen LogP contribution in [0.1, 0.15) is 0 Å². The lowest BCUT2D eigenvalue weighted by Gasteiger charge is -2.45. The third-order valence-electron chi connectivity index (χ3n) is 27.3. The van der Waals surface area contributed by atoms with E-state index in [0.29, 0.717) is 0 Å². The Bertz CT molecular complexity index is 8190. The summed E-state index contributed by atoms with van der Waals surface area (Å²) in [7, 11) is 0. The van der Waals surface area contributed by atoms with E-state index in [1.54, 1.807) is 0 Å². The smallest absolute Gasteiger partial charge is 0.252 e. The Kier molecular flexibility index (Phi) is 16.2. The van der Waals surface area contributed by atoms with E-state index in [1.165, 1.54) is 180 Å². The van der Waals surface area contributed by atoms with Crippen molar-refractivity contribution in [3.63, 3.8) is 0 Å². The van der Waals surface area contributed by atoms with Gasteiger partial charge in [0.05, 0.1) is 16.7 Å². The lowest BCUT2D eigenvalue weighted by atomic mass is 9.33. The van der Waals surface area contributed by atoms with Crippen molar-refractivity contribution in [3.05, 3.63) is 461 Å². The van der Waals surface area contributed by atoms with Gasteiger partial charge in [-0.15, -0.1) is 0 Å². The molecule has 0 aliphatic carbocycles. The Labute approximate surface area is 730 Å². The second-order valence-corrected chi connectivity index (χ2v) is 34.1. The molecule has 3 nitrogen and oxygen atoms in total. The fourth-order valence-corrected chi connectivity index (χ4v) is 21.5. The molecule has 0 unspecified atom stereocenters. The van der Waals surface area contributed by atoms with Crippen LogP contribution in [0.5, 0.6) is 0 Å². The van der Waals surface area contributed by atoms with Gasteiger partial charge < -0.3 is 14.4 Å². The Morgan fingerprint density at radius 3 is 0.738 bits per heavy atom. The van der Waals surface area contributed by atoms with E-state index < -0.39 is 0 Å². The summed E-state index contributed by atoms with van der Waals surface area (Å²) in [4.78, 5) is 5.24. The molecule has 0 saturated carbocycles. The third-order valence-corrected chi connectivity index (χ3v) is 27.3. The van der Waals surface area contributed by atoms with E-state index in [-0.39, 0.29) is 6.71 Å². The van der Waals surface area contributed by atoms with Gasteiger partial charge in [0, 0.05) is 44.9 Å². The van der Waals surface area contributed by atoms with E-state index in [9.17, 15) is 0 Å². The number of aromatic nitrogens is 1. The van der Waals surface area contributed by atoms with Crippen LogP contribution >= 0.6 is 0 Å². The number of benzene rings is 23. The van der Waals surface area contributed by atoms with Crippen molar-refractivity contribution in [1.82, 2.24) is 4.57 Å². The summed E-state index contributed by atoms with van der Waals surface area (Å²) in [5, 5.41) is 21.8. The second kappa shape index (κ2) is 28.6. The van der Waals surface area contributed by atoms with Crippen molar-refractivity contribution in [2.75, 3.05) is 9.80 Å². The molecule has 24 aromatic rings. The highest BCUT2D eigenvalue weighted by molar-refractivity contribution is 7.00. The second-order valence-electron chi connectivity index (χ2n) is 34.1. The molecule has 2 aliphatic rings. The van der Waals surface area contributed by atoms with E-state index in [4.69, 9.17) is 0 Å². The minimum Gasteiger partial charge on any atom is -0.311 e. The maximum Gasteiger partial charge on any atom is 0.252 e. The Balaban J connectivity index is 0.757. The number of nitrogens with zero attached hydrogens (tertiary/aromatic N) is 3. The molecule has 0 radical (unpaired) electrons. The average molecular weight is 1590 g/mol. The monoisotopic (exact) mass is 1590 g/mol. The lowest BCUT2D eigenvalue weighted by Crippen LogP contribution is -2.61. The maximum absolute atomic E-state index is 2.62. The molecule has 0 atom stereocenters. The average Bonchev–Trinajstić information content (AvgIpc) is 0.820. The van der Waals surface area contributed by atoms with Gasteiger partial charge in [0.1, 0.15) is 0 Å². The van der Waals surface area contributed by atoms with Gasteiger partial charge >= 0.3 is 0 Å².